The number of halogens is 7. The van der Waals surface area contributed by atoms with E-state index in [0.29, 0.717) is 5.28 Å². The minimum absolute atomic E-state index is 0.519. The number of aromatic nitrogens is 4. The van der Waals surface area contributed by atoms with Crippen LogP contribution in [0.1, 0.15) is 0 Å². The molecule has 92 valence electrons. The number of nitrogens with zero attached hydrogens (tertiary/aromatic N) is 4. The summed E-state index contributed by atoms with van der Waals surface area (Å²) in [5.41, 5.74) is 0. The zero-order chi connectivity index (χ0) is 12.6. The Labute approximate surface area is 84.6 Å². The van der Waals surface area contributed by atoms with Crippen LogP contribution in [0.5, 0.6) is 0 Å². The molecule has 0 N–H and O–H groups in total. The van der Waals surface area contributed by atoms with Crippen LogP contribution in [0.4, 0.5) is 25.2 Å². The molecule has 0 saturated heterocycles. The summed E-state index contributed by atoms with van der Waals surface area (Å²) in [4.78, 5) is 0. The molecule has 12 heteroatoms. The topological polar surface area (TPSA) is 34.6 Å². The molecule has 0 radical (unpaired) electrons. The second-order valence-corrected chi connectivity index (χ2v) is 4.71. The van der Waals surface area contributed by atoms with Gasteiger partial charge in [0.05, 0.1) is 14.1 Å². The van der Waals surface area contributed by atoms with Gasteiger partial charge in [-0.05, 0) is 11.6 Å². The van der Waals surface area contributed by atoms with E-state index in [1.54, 1.807) is 14.1 Å². The second-order valence-electron chi connectivity index (χ2n) is 2.45. The minimum atomic E-state index is -10.7. The summed E-state index contributed by atoms with van der Waals surface area (Å²) in [6.45, 7) is 0. The summed E-state index contributed by atoms with van der Waals surface area (Å²) in [5.74, 6) is 0. The number of tetrazole rings is 1. The molecule has 0 aliphatic rings. The van der Waals surface area contributed by atoms with E-state index in [9.17, 15) is 25.2 Å². The summed E-state index contributed by atoms with van der Waals surface area (Å²) in [6, 6.07) is 0. The first-order valence-electron chi connectivity index (χ1n) is 3.14. The van der Waals surface area contributed by atoms with E-state index < -0.39 is 7.81 Å². The molecular weight excluding hydrogens is 272 g/mol. The van der Waals surface area contributed by atoms with Gasteiger partial charge in [0.2, 0.25) is 0 Å². The molecule has 0 aliphatic carbocycles. The molecule has 1 aromatic heterocycles. The van der Waals surface area contributed by atoms with Crippen LogP contribution in [0, 0.1) is 0 Å². The first-order valence-corrected chi connectivity index (χ1v) is 5.55. The number of aryl methyl sites for hydroxylation is 2. The number of rotatable bonds is 0. The average molecular weight is 279 g/mol. The van der Waals surface area contributed by atoms with Crippen molar-refractivity contribution in [2.45, 2.75) is 0 Å². The van der Waals surface area contributed by atoms with Crippen molar-refractivity contribution in [1.82, 2.24) is 15.1 Å². The van der Waals surface area contributed by atoms with Gasteiger partial charge in [-0.3, -0.25) is 0 Å². The predicted octanol–water partition coefficient (Wildman–Crippen LogP) is 2.68. The Balaban J connectivity index is 0.000000265. The van der Waals surface area contributed by atoms with Crippen LogP contribution in [-0.4, -0.2) is 15.1 Å². The van der Waals surface area contributed by atoms with Crippen molar-refractivity contribution in [2.75, 3.05) is 0 Å². The summed E-state index contributed by atoms with van der Waals surface area (Å²) < 4.78 is 62.2. The van der Waals surface area contributed by atoms with Gasteiger partial charge in [0.1, 0.15) is 5.21 Å². The van der Waals surface area contributed by atoms with Gasteiger partial charge in [-0.2, -0.15) is 0 Å². The van der Waals surface area contributed by atoms with Crippen LogP contribution in [-0.2, 0) is 14.1 Å². The zero-order valence-corrected chi connectivity index (χ0v) is 9.03. The van der Waals surface area contributed by atoms with E-state index in [1.165, 1.54) is 9.36 Å². The summed E-state index contributed by atoms with van der Waals surface area (Å²) in [6.07, 6.45) is 0. The molecule has 0 bridgehead atoms. The van der Waals surface area contributed by atoms with E-state index in [0.717, 1.165) is 0 Å². The van der Waals surface area contributed by atoms with Gasteiger partial charge in [-0.25, -0.2) is 0 Å². The Morgan fingerprint density at radius 3 is 1.60 bits per heavy atom. The fraction of sp³-hybridized carbons (Fsp3) is 0.667. The van der Waals surface area contributed by atoms with Crippen LogP contribution in [0.25, 0.3) is 0 Å². The van der Waals surface area contributed by atoms with Gasteiger partial charge in [-0.1, -0.05) is 4.68 Å². The average Bonchev–Trinajstić information content (AvgIpc) is 2.13. The monoisotopic (exact) mass is 278 g/mol. The molecule has 0 fully saturated rings. The maximum absolute atomic E-state index is 10.7. The summed E-state index contributed by atoms with van der Waals surface area (Å²) in [5, 5.41) is 7.75. The predicted molar refractivity (Wildman–Crippen MR) is 40.8 cm³/mol. The van der Waals surface area contributed by atoms with Crippen molar-refractivity contribution in [3.63, 3.8) is 0 Å². The Morgan fingerprint density at radius 1 is 1.20 bits per heavy atom. The van der Waals surface area contributed by atoms with Crippen molar-refractivity contribution in [1.29, 1.82) is 0 Å². The van der Waals surface area contributed by atoms with Crippen LogP contribution >= 0.6 is 19.4 Å². The SMILES string of the molecule is Cn1nn[n+](C)c1Cl.F[P-](F)(F)(F)(F)F. The Bertz CT molecular complexity index is 324. The Kier molecular flexibility index (Phi) is 3.05. The Morgan fingerprint density at radius 2 is 1.53 bits per heavy atom. The third-order valence-electron chi connectivity index (χ3n) is 0.842. The molecule has 0 spiro atoms. The molecular formula is C3H6ClF6N4P. The second kappa shape index (κ2) is 3.18. The van der Waals surface area contributed by atoms with Crippen molar-refractivity contribution in [2.24, 2.45) is 14.1 Å². The molecule has 0 aromatic carbocycles. The van der Waals surface area contributed by atoms with Crippen LogP contribution in [0.15, 0.2) is 0 Å². The molecule has 15 heavy (non-hydrogen) atoms. The van der Waals surface area contributed by atoms with Gasteiger partial charge < -0.3 is 0 Å². The van der Waals surface area contributed by atoms with Crippen molar-refractivity contribution < 1.29 is 29.9 Å². The van der Waals surface area contributed by atoms with Gasteiger partial charge >= 0.3 is 38.3 Å². The van der Waals surface area contributed by atoms with Crippen LogP contribution in [0.3, 0.4) is 0 Å². The van der Waals surface area contributed by atoms with Crippen molar-refractivity contribution >= 4 is 19.4 Å². The number of hydrogen-bond donors (Lipinski definition) is 0. The standard InChI is InChI=1S/C3H6ClN4.F6P/c1-7-3(4)8(2)6-5-7;1-7(2,3,4,5)6/h1-2H3;/q+1;-1. The summed E-state index contributed by atoms with van der Waals surface area (Å²) >= 11 is 5.59. The molecule has 1 heterocycles. The molecule has 1 rings (SSSR count). The molecule has 4 nitrogen and oxygen atoms in total. The van der Waals surface area contributed by atoms with Crippen molar-refractivity contribution in [3.8, 4) is 0 Å². The fourth-order valence-electron chi connectivity index (χ4n) is 0.403. The van der Waals surface area contributed by atoms with Gasteiger partial charge in [0, 0.05) is 0 Å². The van der Waals surface area contributed by atoms with E-state index in [4.69, 9.17) is 11.6 Å². The zero-order valence-electron chi connectivity index (χ0n) is 7.38. The van der Waals surface area contributed by atoms with Crippen LogP contribution in [0.2, 0.25) is 5.28 Å². The number of hydrogen-bond acceptors (Lipinski definition) is 2. The molecule has 0 saturated carbocycles. The van der Waals surface area contributed by atoms with E-state index in [2.05, 4.69) is 10.4 Å². The fourth-order valence-corrected chi connectivity index (χ4v) is 0.471. The molecule has 0 aliphatic heterocycles. The normalized spacial score (nSPS) is 16.1. The molecule has 0 atom stereocenters. The van der Waals surface area contributed by atoms with Crippen LogP contribution < -0.4 is 4.68 Å². The molecule has 0 unspecified atom stereocenters. The summed E-state index contributed by atoms with van der Waals surface area (Å²) in [7, 11) is -7.19. The van der Waals surface area contributed by atoms with E-state index in [1.807, 2.05) is 0 Å². The molecule has 1 aromatic rings. The first kappa shape index (κ1) is 14.4. The Hall–Kier alpha value is -0.630. The van der Waals surface area contributed by atoms with E-state index in [-0.39, 0.29) is 0 Å². The third kappa shape index (κ3) is 11.3. The molecule has 0 amide bonds. The van der Waals surface area contributed by atoms with Gasteiger partial charge in [-0.15, -0.1) is 4.68 Å². The van der Waals surface area contributed by atoms with Gasteiger partial charge in [0.15, 0.2) is 5.21 Å². The maximum atomic E-state index is 9.87. The van der Waals surface area contributed by atoms with Gasteiger partial charge in [0.25, 0.3) is 0 Å². The first-order chi connectivity index (χ1) is 6.16. The quantitative estimate of drug-likeness (QED) is 0.415. The third-order valence-corrected chi connectivity index (χ3v) is 1.33. The van der Waals surface area contributed by atoms with Crippen molar-refractivity contribution in [3.05, 3.63) is 5.28 Å². The van der Waals surface area contributed by atoms with E-state index >= 15 is 0 Å².